The van der Waals surface area contributed by atoms with Crippen LogP contribution in [0.15, 0.2) is 102 Å². The molecule has 2 saturated heterocycles. The second kappa shape index (κ2) is 38.9. The summed E-state index contributed by atoms with van der Waals surface area (Å²) in [6.45, 7) is 10.9. The summed E-state index contributed by atoms with van der Waals surface area (Å²) in [4.78, 5) is 119. The zero-order valence-electron chi connectivity index (χ0n) is 66.8. The smallest absolute Gasteiger partial charge is 0.330 e. The lowest BCUT2D eigenvalue weighted by Gasteiger charge is -2.47. The quantitative estimate of drug-likeness (QED) is 0.0221. The van der Waals surface area contributed by atoms with Crippen molar-refractivity contribution in [3.8, 4) is 62.9 Å². The minimum absolute atomic E-state index is 0.102. The number of carboxylic acids is 1. The summed E-state index contributed by atoms with van der Waals surface area (Å²) in [5, 5.41) is 134. The highest BCUT2D eigenvalue weighted by molar-refractivity contribution is 7.89. The van der Waals surface area contributed by atoms with Gasteiger partial charge in [-0.05, 0) is 127 Å². The highest BCUT2D eigenvalue weighted by atomic mass is 35.5. The van der Waals surface area contributed by atoms with E-state index in [0.717, 1.165) is 79.9 Å². The lowest BCUT2D eigenvalue weighted by molar-refractivity contribution is -0.517. The molecule has 7 heterocycles. The summed E-state index contributed by atoms with van der Waals surface area (Å²) < 4.78 is 74.9. The Balaban J connectivity index is 1.09. The third-order valence-electron chi connectivity index (χ3n) is 21.3. The predicted molar refractivity (Wildman–Crippen MR) is 432 cm³/mol. The SMILES string of the molecule is C=[N+](C)[C@H](CC(C)C)C(=O)N[C@H]1C(=O)N[C@@H](CC(N)=O)C(=O)N[C@H]2C(=O)N[C@H]3C(=O)N[C@H](C(=O)N[C@H](C(=O)O)c4cc(O)c(CNCCNS(=O)(=O)c5ccc(OCCCCC)cc5)c(O)c4-c4cc3ccc4O)[C@H](O)c3ccc(c(Cl)c3)Oc3cc2cc(c3O[C@@H]2O[C@H](CO)[C@@H](O)[C@H](O)[C@H]2O[C@H]2C[C@](C)(N)[C@H](O)[C@H](C)O2)Oc2ccc(cc2Cl)[C@H]1O. The van der Waals surface area contributed by atoms with E-state index in [2.05, 4.69) is 48.7 Å². The van der Waals surface area contributed by atoms with Crippen LogP contribution in [0.25, 0.3) is 11.1 Å². The zero-order valence-corrected chi connectivity index (χ0v) is 69.1. The fourth-order valence-electron chi connectivity index (χ4n) is 14.7. The van der Waals surface area contributed by atoms with Gasteiger partial charge in [-0.1, -0.05) is 75.0 Å². The van der Waals surface area contributed by atoms with Gasteiger partial charge in [0, 0.05) is 54.7 Å². The average molecular weight is 1760 g/mol. The number of unbranched alkanes of at least 4 members (excludes halogenated alkanes) is 2. The van der Waals surface area contributed by atoms with E-state index in [1.165, 1.54) is 61.9 Å². The van der Waals surface area contributed by atoms with E-state index in [4.69, 9.17) is 67.8 Å². The number of hydrogen-bond donors (Lipinski definition) is 20. The lowest BCUT2D eigenvalue weighted by Crippen LogP contribution is -2.64. The van der Waals surface area contributed by atoms with Crippen molar-refractivity contribution < 1.29 is 136 Å². The molecule has 7 aliphatic heterocycles. The van der Waals surface area contributed by atoms with Gasteiger partial charge in [0.05, 0.1) is 52.3 Å². The van der Waals surface area contributed by atoms with Gasteiger partial charge in [-0.3, -0.25) is 33.6 Å². The highest BCUT2D eigenvalue weighted by Gasteiger charge is 2.52. The number of benzene rings is 6. The van der Waals surface area contributed by atoms with Crippen molar-refractivity contribution in [1.29, 1.82) is 0 Å². The Morgan fingerprint density at radius 1 is 0.738 bits per heavy atom. The molecule has 11 bridgehead atoms. The number of carbonyl (C=O) groups excluding carboxylic acids is 7. The van der Waals surface area contributed by atoms with Crippen molar-refractivity contribution in [2.75, 3.05) is 33.4 Å². The van der Waals surface area contributed by atoms with Gasteiger partial charge in [0.15, 0.2) is 29.9 Å². The summed E-state index contributed by atoms with van der Waals surface area (Å²) in [5.41, 5.74) is 7.17. The molecule has 0 aromatic heterocycles. The number of ether oxygens (including phenoxy) is 7. The van der Waals surface area contributed by atoms with Crippen molar-refractivity contribution in [2.45, 2.75) is 194 Å². The Kier molecular flexibility index (Phi) is 29.3. The number of rotatable bonds is 25. The van der Waals surface area contributed by atoms with E-state index >= 15 is 24.0 Å². The number of primary amides is 1. The van der Waals surface area contributed by atoms with Crippen LogP contribution in [0.3, 0.4) is 0 Å². The monoisotopic (exact) mass is 1760 g/mol. The molecule has 18 atom stereocenters. The Labute approximate surface area is 709 Å². The number of nitrogens with one attached hydrogen (secondary N) is 8. The van der Waals surface area contributed by atoms with Gasteiger partial charge < -0.3 is 133 Å². The first-order valence-corrected chi connectivity index (χ1v) is 41.2. The van der Waals surface area contributed by atoms with Crippen LogP contribution in [-0.4, -0.2) is 230 Å². The Morgan fingerprint density at radius 2 is 1.36 bits per heavy atom. The number of aliphatic hydroxyl groups is 6. The predicted octanol–water partition coefficient (Wildman–Crippen LogP) is 1.87. The number of aliphatic carboxylic acids is 1. The van der Waals surface area contributed by atoms with E-state index < -0.39 is 270 Å². The van der Waals surface area contributed by atoms with Gasteiger partial charge in [-0.15, -0.1) is 0 Å². The standard InChI is InChI=1S/C81H97Cl2N11O27S/c1-8-9-10-23-115-41-14-16-42(17-15-41)122(113,114)87-22-21-86-33-45-51(97)30-44-59(67(45)101)43-25-37(11-18-50(43)96)60-75(107)93-64(78(110)91-62(44)79(111)112)66(100)39-13-20-53(47(83)27-39)118-55-29-40-28-54(70(55)121-80-71(69(103)68(102)56(34-95)119-80)120-58-32-81(5,85)72(104)36(4)116-58)117-52-19-12-38(26-46(52)82)65(99)63(92-74(106)49(94(6)7)24-35(2)3)77(109)88-48(31-57(84)98)73(105)89-61(40)76(108)90-60/h11-20,25-30,35-36,48-49,56,58,60-66,68-69,71-72,80,86-87,95,99-100,102-104H,6,8-10,21-24,31-34,85H2,1-5,7H3,(H11-,84,88,89,90,91,92,93,96,97,98,101,105,106,107,108,109,110,111,112)/p+1/t36-,48-,49+,56+,58-,60+,61+,62-,63+,64-,65+,66+,68+,69-,71+,72+,80-,81-/m0/s1. The van der Waals surface area contributed by atoms with Crippen LogP contribution in [0.4, 0.5) is 0 Å². The van der Waals surface area contributed by atoms with Crippen LogP contribution in [0, 0.1) is 5.92 Å². The molecule has 38 nitrogen and oxygen atoms in total. The van der Waals surface area contributed by atoms with Gasteiger partial charge in [0.25, 0.3) is 5.91 Å². The number of amides is 7. The van der Waals surface area contributed by atoms with Crippen LogP contribution in [0.5, 0.6) is 51.7 Å². The van der Waals surface area contributed by atoms with Gasteiger partial charge >= 0.3 is 5.97 Å². The molecule has 0 spiro atoms. The Bertz CT molecular complexity index is 5090. The van der Waals surface area contributed by atoms with Crippen LogP contribution >= 0.6 is 23.2 Å². The summed E-state index contributed by atoms with van der Waals surface area (Å²) in [6, 6.07) is 3.37. The van der Waals surface area contributed by atoms with Crippen LogP contribution < -0.4 is 72.4 Å². The number of fused-ring (bicyclic) bond motifs is 15. The molecule has 0 aliphatic carbocycles. The maximum Gasteiger partial charge on any atom is 0.330 e. The highest BCUT2D eigenvalue weighted by Crippen LogP contribution is 2.51. The summed E-state index contributed by atoms with van der Waals surface area (Å²) in [5.74, 6) is -16.5. The fraction of sp³-hybridized carbons (Fsp3) is 0.444. The fourth-order valence-corrected chi connectivity index (χ4v) is 16.2. The summed E-state index contributed by atoms with van der Waals surface area (Å²) in [6.07, 6.45) is -16.4. The number of halogens is 2. The third-order valence-corrected chi connectivity index (χ3v) is 23.3. The number of phenolic OH excluding ortho intramolecular Hbond substituents is 3. The van der Waals surface area contributed by atoms with E-state index in [1.54, 1.807) is 13.8 Å². The van der Waals surface area contributed by atoms with E-state index in [9.17, 15) is 73.9 Å². The van der Waals surface area contributed by atoms with E-state index in [0.29, 0.717) is 12.4 Å². The summed E-state index contributed by atoms with van der Waals surface area (Å²) >= 11 is 14.3. The number of carbonyl (C=O) groups is 8. The van der Waals surface area contributed by atoms with E-state index in [-0.39, 0.29) is 53.6 Å². The number of nitrogens with zero attached hydrogens (tertiary/aromatic N) is 1. The maximum atomic E-state index is 16.4. The number of carboxylic acid groups (broad SMARTS) is 1. The lowest BCUT2D eigenvalue weighted by atomic mass is 9.86. The number of nitrogens with two attached hydrogens (primary N) is 2. The summed E-state index contributed by atoms with van der Waals surface area (Å²) in [7, 11) is -2.66. The Hall–Kier alpha value is -10.6. The number of phenols is 3. The second-order valence-electron chi connectivity index (χ2n) is 31.0. The number of sulfonamides is 1. The molecule has 6 aromatic rings. The van der Waals surface area contributed by atoms with Crippen molar-refractivity contribution in [3.63, 3.8) is 0 Å². The number of likely N-dealkylation sites (N-methyl/N-ethyl adjacent to an activating group) is 1. The largest absolute Gasteiger partial charge is 0.507 e. The molecule has 41 heteroatoms. The molecular weight excluding hydrogens is 1660 g/mol. The van der Waals surface area contributed by atoms with Crippen molar-refractivity contribution in [3.05, 3.63) is 140 Å². The molecule has 13 rings (SSSR count). The molecule has 6 aromatic carbocycles. The number of aliphatic hydroxyl groups excluding tert-OH is 6. The number of aromatic hydroxyl groups is 3. The van der Waals surface area contributed by atoms with Crippen LogP contribution in [0.1, 0.15) is 137 Å². The van der Waals surface area contributed by atoms with Gasteiger partial charge in [-0.25, -0.2) is 22.5 Å². The topological polar surface area (TPSA) is 589 Å². The molecule has 2 fully saturated rings. The van der Waals surface area contributed by atoms with Crippen molar-refractivity contribution >= 4 is 87.3 Å². The third kappa shape index (κ3) is 20.8. The van der Waals surface area contributed by atoms with Gasteiger partial charge in [0.1, 0.15) is 109 Å². The molecular formula is C81H98Cl2N11O27S+. The number of hydrogen-bond acceptors (Lipinski definition) is 28. The molecule has 0 unspecified atom stereocenters. The average Bonchev–Trinajstić information content (AvgIpc) is 0.750. The molecule has 122 heavy (non-hydrogen) atoms. The molecule has 0 saturated carbocycles. The normalized spacial score (nSPS) is 26.5. The maximum absolute atomic E-state index is 16.4. The minimum atomic E-state index is -4.14. The molecule has 7 aliphatic rings. The van der Waals surface area contributed by atoms with Crippen molar-refractivity contribution in [2.24, 2.45) is 17.4 Å². The van der Waals surface area contributed by atoms with E-state index in [1.807, 2.05) is 6.92 Å². The minimum Gasteiger partial charge on any atom is -0.507 e. The van der Waals surface area contributed by atoms with Crippen LogP contribution in [-0.2, 0) is 69.1 Å². The molecule has 658 valence electrons. The molecule has 7 amide bonds. The van der Waals surface area contributed by atoms with Crippen molar-refractivity contribution in [1.82, 2.24) is 41.9 Å². The molecule has 0 radical (unpaired) electrons. The Morgan fingerprint density at radius 3 is 1.96 bits per heavy atom. The first-order valence-electron chi connectivity index (χ1n) is 39.0. The van der Waals surface area contributed by atoms with Gasteiger partial charge in [0.2, 0.25) is 63.5 Å². The second-order valence-corrected chi connectivity index (χ2v) is 33.6. The zero-order chi connectivity index (χ0) is 88.8. The van der Waals surface area contributed by atoms with Crippen LogP contribution in [0.2, 0.25) is 10.0 Å². The molecule has 22 N–H and O–H groups in total. The van der Waals surface area contributed by atoms with Gasteiger partial charge in [-0.2, -0.15) is 0 Å². The first kappa shape index (κ1) is 92.1. The first-order chi connectivity index (χ1) is 57.7.